The standard InChI is InChI=1S/C22H29ClFN3O2/c1-21(3-2-4-21)20(29)25-5-6-27-13-22(14-27)10-15(11-22)12-26-19(28)16-7-17(23)9-18(24)8-16/h7-9,15H,2-6,10-14H2,1H3,(H,25,29)(H,26,28). The van der Waals surface area contributed by atoms with E-state index >= 15 is 0 Å². The Kier molecular flexibility index (Phi) is 5.60. The van der Waals surface area contributed by atoms with Gasteiger partial charge >= 0.3 is 0 Å². The van der Waals surface area contributed by atoms with E-state index in [0.29, 0.717) is 17.9 Å². The largest absolute Gasteiger partial charge is 0.354 e. The summed E-state index contributed by atoms with van der Waals surface area (Å²) in [6.45, 7) is 6.45. The van der Waals surface area contributed by atoms with E-state index in [1.165, 1.54) is 18.2 Å². The highest BCUT2D eigenvalue weighted by molar-refractivity contribution is 6.31. The molecule has 0 radical (unpaired) electrons. The van der Waals surface area contributed by atoms with Crippen LogP contribution in [-0.2, 0) is 4.79 Å². The highest BCUT2D eigenvalue weighted by Gasteiger charge is 2.51. The zero-order valence-electron chi connectivity index (χ0n) is 16.9. The molecule has 5 nitrogen and oxygen atoms in total. The maximum absolute atomic E-state index is 13.4. The minimum atomic E-state index is -0.502. The van der Waals surface area contributed by atoms with Crippen molar-refractivity contribution in [3.05, 3.63) is 34.6 Å². The van der Waals surface area contributed by atoms with Gasteiger partial charge in [0.05, 0.1) is 0 Å². The average molecular weight is 422 g/mol. The van der Waals surface area contributed by atoms with Crippen molar-refractivity contribution in [2.75, 3.05) is 32.7 Å². The Bertz CT molecular complexity index is 777. The predicted octanol–water partition coefficient (Wildman–Crippen LogP) is 3.23. The molecule has 1 saturated heterocycles. The van der Waals surface area contributed by atoms with Crippen LogP contribution in [0.4, 0.5) is 4.39 Å². The first-order chi connectivity index (χ1) is 13.8. The lowest BCUT2D eigenvalue weighted by molar-refractivity contribution is -0.135. The van der Waals surface area contributed by atoms with Crippen LogP contribution >= 0.6 is 11.6 Å². The molecule has 1 aromatic rings. The summed E-state index contributed by atoms with van der Waals surface area (Å²) in [7, 11) is 0. The van der Waals surface area contributed by atoms with Crippen molar-refractivity contribution >= 4 is 23.4 Å². The van der Waals surface area contributed by atoms with Crippen LogP contribution in [0.25, 0.3) is 0 Å². The Morgan fingerprint density at radius 2 is 1.93 bits per heavy atom. The second-order valence-corrected chi connectivity index (χ2v) is 9.96. The quantitative estimate of drug-likeness (QED) is 0.710. The zero-order valence-corrected chi connectivity index (χ0v) is 17.7. The van der Waals surface area contributed by atoms with Gasteiger partial charge in [0, 0.05) is 48.7 Å². The van der Waals surface area contributed by atoms with Crippen molar-refractivity contribution in [1.29, 1.82) is 0 Å². The molecule has 7 heteroatoms. The number of amides is 2. The molecule has 3 aliphatic rings. The van der Waals surface area contributed by atoms with Gasteiger partial charge in [0.25, 0.3) is 5.91 Å². The minimum Gasteiger partial charge on any atom is -0.354 e. The van der Waals surface area contributed by atoms with E-state index in [1.807, 2.05) is 0 Å². The molecular weight excluding hydrogens is 393 g/mol. The fraction of sp³-hybridized carbons (Fsp3) is 0.636. The van der Waals surface area contributed by atoms with Crippen molar-refractivity contribution in [3.63, 3.8) is 0 Å². The van der Waals surface area contributed by atoms with Gasteiger partial charge in [-0.25, -0.2) is 4.39 Å². The molecule has 29 heavy (non-hydrogen) atoms. The Balaban J connectivity index is 1.11. The smallest absolute Gasteiger partial charge is 0.251 e. The second-order valence-electron chi connectivity index (χ2n) is 9.52. The van der Waals surface area contributed by atoms with Crippen LogP contribution in [0.3, 0.4) is 0 Å². The van der Waals surface area contributed by atoms with Crippen LogP contribution < -0.4 is 10.6 Å². The van der Waals surface area contributed by atoms with Gasteiger partial charge in [0.15, 0.2) is 0 Å². The first-order valence-corrected chi connectivity index (χ1v) is 10.9. The monoisotopic (exact) mass is 421 g/mol. The van der Waals surface area contributed by atoms with Crippen LogP contribution in [0.1, 0.15) is 49.4 Å². The third-order valence-corrected chi connectivity index (χ3v) is 7.17. The van der Waals surface area contributed by atoms with Gasteiger partial charge in [-0.05, 0) is 55.2 Å². The Labute approximate surface area is 176 Å². The summed E-state index contributed by atoms with van der Waals surface area (Å²) in [5, 5.41) is 6.21. The molecule has 0 bridgehead atoms. The number of nitrogens with one attached hydrogen (secondary N) is 2. The number of halogens is 2. The normalized spacial score (nSPS) is 22.3. The molecular formula is C22H29ClFN3O2. The summed E-state index contributed by atoms with van der Waals surface area (Å²) in [6.07, 6.45) is 5.40. The van der Waals surface area contributed by atoms with E-state index in [1.54, 1.807) is 0 Å². The predicted molar refractivity (Wildman–Crippen MR) is 110 cm³/mol. The van der Waals surface area contributed by atoms with Gasteiger partial charge in [-0.1, -0.05) is 24.9 Å². The number of rotatable bonds is 7. The lowest BCUT2D eigenvalue weighted by atomic mass is 9.57. The molecule has 1 aliphatic heterocycles. The molecule has 0 unspecified atom stereocenters. The van der Waals surface area contributed by atoms with Gasteiger partial charge in [-0.3, -0.25) is 9.59 Å². The minimum absolute atomic E-state index is 0.126. The first-order valence-electron chi connectivity index (χ1n) is 10.5. The fourth-order valence-corrected chi connectivity index (χ4v) is 5.35. The zero-order chi connectivity index (χ0) is 20.6. The second kappa shape index (κ2) is 7.88. The van der Waals surface area contributed by atoms with E-state index in [2.05, 4.69) is 22.5 Å². The molecule has 2 saturated carbocycles. The van der Waals surface area contributed by atoms with E-state index < -0.39 is 5.82 Å². The molecule has 1 heterocycles. The number of hydrogen-bond donors (Lipinski definition) is 2. The van der Waals surface area contributed by atoms with Gasteiger partial charge < -0.3 is 15.5 Å². The number of hydrogen-bond acceptors (Lipinski definition) is 3. The van der Waals surface area contributed by atoms with Crippen LogP contribution in [0.15, 0.2) is 18.2 Å². The lowest BCUT2D eigenvalue weighted by Gasteiger charge is -2.59. The third kappa shape index (κ3) is 4.43. The van der Waals surface area contributed by atoms with E-state index in [9.17, 15) is 14.0 Å². The molecule has 4 rings (SSSR count). The molecule has 1 aromatic carbocycles. The van der Waals surface area contributed by atoms with Gasteiger partial charge in [-0.2, -0.15) is 0 Å². The Hall–Kier alpha value is -1.66. The third-order valence-electron chi connectivity index (χ3n) is 6.96. The SMILES string of the molecule is CC1(C(=O)NCCN2CC3(CC(CNC(=O)c4cc(F)cc(Cl)c4)C3)C2)CCC1. The van der Waals surface area contributed by atoms with E-state index in [0.717, 1.165) is 58.3 Å². The average Bonchev–Trinajstić information content (AvgIpc) is 2.57. The maximum Gasteiger partial charge on any atom is 0.251 e. The van der Waals surface area contributed by atoms with Crippen LogP contribution in [0, 0.1) is 22.6 Å². The van der Waals surface area contributed by atoms with E-state index in [-0.39, 0.29) is 27.8 Å². The summed E-state index contributed by atoms with van der Waals surface area (Å²) < 4.78 is 13.4. The highest BCUT2D eigenvalue weighted by atomic mass is 35.5. The molecule has 2 N–H and O–H groups in total. The van der Waals surface area contributed by atoms with Crippen molar-refractivity contribution < 1.29 is 14.0 Å². The Morgan fingerprint density at radius 3 is 2.55 bits per heavy atom. The van der Waals surface area contributed by atoms with E-state index in [4.69, 9.17) is 11.6 Å². The van der Waals surface area contributed by atoms with Crippen molar-refractivity contribution in [1.82, 2.24) is 15.5 Å². The molecule has 0 aromatic heterocycles. The fourth-order valence-electron chi connectivity index (χ4n) is 5.13. The van der Waals surface area contributed by atoms with Crippen molar-refractivity contribution in [3.8, 4) is 0 Å². The Morgan fingerprint density at radius 1 is 1.21 bits per heavy atom. The molecule has 2 amide bonds. The topological polar surface area (TPSA) is 61.4 Å². The van der Waals surface area contributed by atoms with Crippen LogP contribution in [-0.4, -0.2) is 49.4 Å². The maximum atomic E-state index is 13.4. The molecule has 1 spiro atoms. The number of carbonyl (C=O) groups excluding carboxylic acids is 2. The lowest BCUT2D eigenvalue weighted by Crippen LogP contribution is -2.64. The van der Waals surface area contributed by atoms with Crippen LogP contribution in [0.2, 0.25) is 5.02 Å². The summed E-state index contributed by atoms with van der Waals surface area (Å²) in [6, 6.07) is 3.88. The molecule has 2 aliphatic carbocycles. The summed E-state index contributed by atoms with van der Waals surface area (Å²) in [4.78, 5) is 26.7. The van der Waals surface area contributed by atoms with Gasteiger partial charge in [-0.15, -0.1) is 0 Å². The van der Waals surface area contributed by atoms with Crippen LogP contribution in [0.5, 0.6) is 0 Å². The molecule has 158 valence electrons. The molecule has 0 atom stereocenters. The number of benzene rings is 1. The molecule has 3 fully saturated rings. The number of likely N-dealkylation sites (tertiary alicyclic amines) is 1. The van der Waals surface area contributed by atoms with Gasteiger partial charge in [0.2, 0.25) is 5.91 Å². The summed E-state index contributed by atoms with van der Waals surface area (Å²) >= 11 is 5.81. The summed E-state index contributed by atoms with van der Waals surface area (Å²) in [5.41, 5.74) is 0.525. The number of nitrogens with zero attached hydrogens (tertiary/aromatic N) is 1. The van der Waals surface area contributed by atoms with Crippen molar-refractivity contribution in [2.24, 2.45) is 16.7 Å². The van der Waals surface area contributed by atoms with Gasteiger partial charge in [0.1, 0.15) is 5.82 Å². The first kappa shape index (κ1) is 20.6. The van der Waals surface area contributed by atoms with Crippen molar-refractivity contribution in [2.45, 2.75) is 39.0 Å². The summed E-state index contributed by atoms with van der Waals surface area (Å²) in [5.74, 6) is -0.0994. The number of carbonyl (C=O) groups is 2. The highest BCUT2D eigenvalue weighted by Crippen LogP contribution is 2.51.